The molecule has 6 nitrogen and oxygen atoms in total. The molecule has 0 aliphatic rings. The zero-order valence-corrected chi connectivity index (χ0v) is 18.2. The van der Waals surface area contributed by atoms with Crippen LogP contribution in [-0.4, -0.2) is 21.6 Å². The highest BCUT2D eigenvalue weighted by Gasteiger charge is 2.28. The van der Waals surface area contributed by atoms with Crippen molar-refractivity contribution in [1.29, 1.82) is 5.26 Å². The van der Waals surface area contributed by atoms with Crippen LogP contribution in [0.5, 0.6) is 11.6 Å². The molecule has 0 bridgehead atoms. The van der Waals surface area contributed by atoms with Gasteiger partial charge in [0.2, 0.25) is 11.7 Å². The molecule has 0 radical (unpaired) electrons. The van der Waals surface area contributed by atoms with Gasteiger partial charge in [-0.3, -0.25) is 14.2 Å². The fourth-order valence-corrected chi connectivity index (χ4v) is 3.55. The van der Waals surface area contributed by atoms with E-state index in [2.05, 4.69) is 0 Å². The predicted octanol–water partition coefficient (Wildman–Crippen LogP) is 4.74. The Hall–Kier alpha value is -3.27. The van der Waals surface area contributed by atoms with Gasteiger partial charge >= 0.3 is 0 Å². The number of hydrogen-bond acceptors (Lipinski definition) is 5. The number of nitriles is 1. The molecule has 1 N–H and O–H groups in total. The van der Waals surface area contributed by atoms with E-state index in [4.69, 9.17) is 27.9 Å². The summed E-state index contributed by atoms with van der Waals surface area (Å²) in [6, 6.07) is 15.3. The molecule has 0 aliphatic carbocycles. The van der Waals surface area contributed by atoms with Gasteiger partial charge in [0.05, 0.1) is 17.1 Å². The lowest BCUT2D eigenvalue weighted by molar-refractivity contribution is 0.0813. The van der Waals surface area contributed by atoms with Crippen LogP contribution >= 0.6 is 23.2 Å². The van der Waals surface area contributed by atoms with Crippen LogP contribution < -0.4 is 10.3 Å². The van der Waals surface area contributed by atoms with Crippen molar-refractivity contribution in [3.05, 3.63) is 91.2 Å². The van der Waals surface area contributed by atoms with Gasteiger partial charge in [-0.1, -0.05) is 53.5 Å². The van der Waals surface area contributed by atoms with Crippen molar-refractivity contribution in [1.82, 2.24) is 4.57 Å². The van der Waals surface area contributed by atoms with Crippen LogP contribution in [0.2, 0.25) is 10.0 Å². The first-order valence-electron chi connectivity index (χ1n) is 9.31. The Morgan fingerprint density at radius 2 is 1.77 bits per heavy atom. The van der Waals surface area contributed by atoms with Crippen molar-refractivity contribution in [2.45, 2.75) is 26.5 Å². The maximum Gasteiger partial charge on any atom is 0.271 e. The van der Waals surface area contributed by atoms with E-state index in [1.54, 1.807) is 48.5 Å². The zero-order chi connectivity index (χ0) is 22.7. The largest absolute Gasteiger partial charge is 0.494 e. The third kappa shape index (κ3) is 4.43. The Morgan fingerprint density at radius 1 is 1.16 bits per heavy atom. The van der Waals surface area contributed by atoms with Crippen LogP contribution in [0.15, 0.2) is 53.3 Å². The van der Waals surface area contributed by atoms with Gasteiger partial charge in [-0.15, -0.1) is 0 Å². The molecule has 3 aromatic rings. The number of hydrogen-bond donors (Lipinski definition) is 1. The molecule has 0 spiro atoms. The third-order valence-electron chi connectivity index (χ3n) is 4.84. The molecule has 0 aliphatic heterocycles. The van der Waals surface area contributed by atoms with Gasteiger partial charge in [-0.2, -0.15) is 5.26 Å². The van der Waals surface area contributed by atoms with E-state index in [1.807, 2.05) is 6.07 Å². The minimum absolute atomic E-state index is 0.0833. The predicted molar refractivity (Wildman–Crippen MR) is 118 cm³/mol. The molecule has 0 saturated heterocycles. The second-order valence-corrected chi connectivity index (χ2v) is 7.66. The number of ether oxygens (including phenoxy) is 1. The van der Waals surface area contributed by atoms with E-state index >= 15 is 0 Å². The van der Waals surface area contributed by atoms with E-state index in [-0.39, 0.29) is 23.2 Å². The summed E-state index contributed by atoms with van der Waals surface area (Å²) in [5, 5.41) is 21.1. The Labute approximate surface area is 188 Å². The van der Waals surface area contributed by atoms with Gasteiger partial charge in [0.15, 0.2) is 6.10 Å². The lowest BCUT2D eigenvalue weighted by atomic mass is 9.99. The number of aromatic nitrogens is 1. The minimum Gasteiger partial charge on any atom is -0.494 e. The summed E-state index contributed by atoms with van der Waals surface area (Å²) in [4.78, 5) is 26.0. The van der Waals surface area contributed by atoms with E-state index in [0.29, 0.717) is 21.4 Å². The molecule has 2 aromatic carbocycles. The Balaban J connectivity index is 2.08. The number of nitrogens with zero attached hydrogens (tertiary/aromatic N) is 2. The Morgan fingerprint density at radius 3 is 2.39 bits per heavy atom. The average Bonchev–Trinajstić information content (AvgIpc) is 2.74. The summed E-state index contributed by atoms with van der Waals surface area (Å²) in [7, 11) is 0. The Bertz CT molecular complexity index is 1260. The summed E-state index contributed by atoms with van der Waals surface area (Å²) in [5.74, 6) is -0.854. The summed E-state index contributed by atoms with van der Waals surface area (Å²) in [6.45, 7) is 2.83. The second kappa shape index (κ2) is 9.25. The number of carbonyl (C=O) groups is 1. The molecule has 0 fully saturated rings. The SMILES string of the molecule is Cc1c(C(=O)C(C)Oc2ccccc2Cl)c(O)n(Cc2ccccc2Cl)c(=O)c1C#N. The number of para-hydroxylation sites is 1. The first-order chi connectivity index (χ1) is 14.8. The summed E-state index contributed by atoms with van der Waals surface area (Å²) < 4.78 is 6.63. The highest BCUT2D eigenvalue weighted by molar-refractivity contribution is 6.32. The van der Waals surface area contributed by atoms with Crippen LogP contribution in [-0.2, 0) is 6.54 Å². The van der Waals surface area contributed by atoms with Crippen molar-refractivity contribution >= 4 is 29.0 Å². The van der Waals surface area contributed by atoms with Crippen LogP contribution in [0, 0.1) is 18.3 Å². The second-order valence-electron chi connectivity index (χ2n) is 6.85. The zero-order valence-electron chi connectivity index (χ0n) is 16.7. The lowest BCUT2D eigenvalue weighted by Gasteiger charge is -2.19. The maximum absolute atomic E-state index is 13.2. The van der Waals surface area contributed by atoms with Gasteiger partial charge in [-0.25, -0.2) is 0 Å². The monoisotopic (exact) mass is 456 g/mol. The number of rotatable bonds is 6. The summed E-state index contributed by atoms with van der Waals surface area (Å²) >= 11 is 12.3. The van der Waals surface area contributed by atoms with Crippen molar-refractivity contribution in [3.63, 3.8) is 0 Å². The molecule has 158 valence electrons. The van der Waals surface area contributed by atoms with Crippen molar-refractivity contribution in [3.8, 4) is 17.7 Å². The lowest BCUT2D eigenvalue weighted by Crippen LogP contribution is -2.31. The summed E-state index contributed by atoms with van der Waals surface area (Å²) in [5.41, 5.74) is -0.484. The quantitative estimate of drug-likeness (QED) is 0.540. The molecular weight excluding hydrogens is 439 g/mol. The van der Waals surface area contributed by atoms with Gasteiger partial charge in [-0.05, 0) is 43.2 Å². The van der Waals surface area contributed by atoms with Crippen LogP contribution in [0.1, 0.15) is 34.0 Å². The highest BCUT2D eigenvalue weighted by atomic mass is 35.5. The van der Waals surface area contributed by atoms with Gasteiger partial charge in [0.1, 0.15) is 17.4 Å². The molecule has 1 heterocycles. The van der Waals surface area contributed by atoms with E-state index in [0.717, 1.165) is 4.57 Å². The molecule has 8 heteroatoms. The van der Waals surface area contributed by atoms with E-state index in [1.165, 1.54) is 13.8 Å². The molecular formula is C23H18Cl2N2O4. The number of ketones is 1. The van der Waals surface area contributed by atoms with Crippen molar-refractivity contribution in [2.75, 3.05) is 0 Å². The molecule has 3 rings (SSSR count). The summed E-state index contributed by atoms with van der Waals surface area (Å²) in [6.07, 6.45) is -1.04. The first kappa shape index (κ1) is 22.4. The number of benzene rings is 2. The van der Waals surface area contributed by atoms with Gasteiger partial charge in [0, 0.05) is 5.02 Å². The highest BCUT2D eigenvalue weighted by Crippen LogP contribution is 2.28. The number of halogens is 2. The van der Waals surface area contributed by atoms with Crippen molar-refractivity contribution < 1.29 is 14.6 Å². The first-order valence-corrected chi connectivity index (χ1v) is 10.1. The fourth-order valence-electron chi connectivity index (χ4n) is 3.18. The van der Waals surface area contributed by atoms with Crippen LogP contribution in [0.4, 0.5) is 0 Å². The molecule has 31 heavy (non-hydrogen) atoms. The smallest absolute Gasteiger partial charge is 0.271 e. The van der Waals surface area contributed by atoms with Crippen LogP contribution in [0.3, 0.4) is 0 Å². The number of pyridine rings is 1. The minimum atomic E-state index is -1.04. The van der Waals surface area contributed by atoms with E-state index < -0.39 is 23.3 Å². The molecule has 0 amide bonds. The maximum atomic E-state index is 13.2. The van der Waals surface area contributed by atoms with Gasteiger partial charge in [0.25, 0.3) is 5.56 Å². The molecule has 0 saturated carbocycles. The molecule has 1 aromatic heterocycles. The normalized spacial score (nSPS) is 11.6. The third-order valence-corrected chi connectivity index (χ3v) is 5.52. The molecule has 1 atom stereocenters. The standard InChI is InChI=1S/C23H18Cl2N2O4/c1-13-16(11-26)22(29)27(12-15-7-3-4-8-17(15)24)23(30)20(13)21(28)14(2)31-19-10-6-5-9-18(19)25/h3-10,14,30H,12H2,1-2H3. The molecule has 1 unspecified atom stereocenters. The van der Waals surface area contributed by atoms with Gasteiger partial charge < -0.3 is 9.84 Å². The fraction of sp³-hybridized carbons (Fsp3) is 0.174. The number of aromatic hydroxyl groups is 1. The topological polar surface area (TPSA) is 92.3 Å². The number of Topliss-reactive ketones (excluding diaryl/α,β-unsaturated/α-hetero) is 1. The van der Waals surface area contributed by atoms with Crippen molar-refractivity contribution in [2.24, 2.45) is 0 Å². The number of carbonyl (C=O) groups excluding carboxylic acids is 1. The van der Waals surface area contributed by atoms with E-state index in [9.17, 15) is 20.0 Å². The average molecular weight is 457 g/mol. The Kier molecular flexibility index (Phi) is 6.69. The van der Waals surface area contributed by atoms with Crippen LogP contribution in [0.25, 0.3) is 0 Å².